The van der Waals surface area contributed by atoms with Crippen molar-refractivity contribution in [3.8, 4) is 0 Å². The van der Waals surface area contributed by atoms with Crippen LogP contribution >= 0.6 is 22.6 Å². The molecule has 0 heterocycles. The summed E-state index contributed by atoms with van der Waals surface area (Å²) in [6, 6.07) is 5.41. The molecule has 0 nitrogen and oxygen atoms in total. The molecule has 0 N–H and O–H groups in total. The minimum absolute atomic E-state index is 0. The number of benzene rings is 1. The van der Waals surface area contributed by atoms with Crippen LogP contribution in [-0.4, -0.2) is 4.43 Å². The van der Waals surface area contributed by atoms with Crippen molar-refractivity contribution < 1.29 is 31.2 Å². The van der Waals surface area contributed by atoms with E-state index in [0.717, 1.165) is 12.1 Å². The van der Waals surface area contributed by atoms with Crippen molar-refractivity contribution in [3.05, 3.63) is 35.9 Å². The molecule has 0 spiro atoms. The van der Waals surface area contributed by atoms with Crippen LogP contribution in [0.5, 0.6) is 0 Å². The van der Waals surface area contributed by atoms with Crippen LogP contribution in [0.25, 0.3) is 0 Å². The summed E-state index contributed by atoms with van der Waals surface area (Å²) < 4.78 is 25.0. The first-order chi connectivity index (χ1) is 5.70. The van der Waals surface area contributed by atoms with Crippen LogP contribution in [0.1, 0.15) is 13.3 Å². The van der Waals surface area contributed by atoms with Gasteiger partial charge >= 0.3 is 22.4 Å². The molecule has 1 aromatic carbocycles. The molecule has 0 saturated carbocycles. The molecule has 0 unspecified atom stereocenters. The van der Waals surface area contributed by atoms with Crippen molar-refractivity contribution in [2.45, 2.75) is 13.3 Å². The van der Waals surface area contributed by atoms with E-state index >= 15 is 0 Å². The molecule has 0 aliphatic carbocycles. The average molecular weight is 480 g/mol. The van der Waals surface area contributed by atoms with Gasteiger partial charge < -0.3 is 0 Å². The fraction of sp³-hybridized carbons (Fsp3) is 0.333. The number of rotatable bonds is 1. The summed E-state index contributed by atoms with van der Waals surface area (Å²) in [5.74, 6) is -1.32. The molecule has 1 rings (SSSR count). The van der Waals surface area contributed by atoms with Crippen molar-refractivity contribution in [1.29, 1.82) is 0 Å². The molecule has 0 aliphatic rings. The van der Waals surface area contributed by atoms with Gasteiger partial charge in [-0.05, 0) is 10.8 Å². The summed E-state index contributed by atoms with van der Waals surface area (Å²) >= 11 is 2.35. The fourth-order valence-corrected chi connectivity index (χ4v) is 0.414. The summed E-state index contributed by atoms with van der Waals surface area (Å²) in [6.07, 6.45) is 1.31. The Morgan fingerprint density at radius 3 is 1.85 bits per heavy atom. The summed E-state index contributed by atoms with van der Waals surface area (Å²) in [4.78, 5) is 0. The third kappa shape index (κ3) is 10.5. The quantitative estimate of drug-likeness (QED) is 0.250. The number of halogens is 3. The van der Waals surface area contributed by atoms with Crippen LogP contribution in [-0.2, 0) is 22.4 Å². The number of hydrogen-bond acceptors (Lipinski definition) is 0. The largest absolute Gasteiger partial charge is 1.00 e. The van der Waals surface area contributed by atoms with Gasteiger partial charge in [-0.1, -0.05) is 29.5 Å². The van der Waals surface area contributed by atoms with E-state index in [9.17, 15) is 8.78 Å². The molecule has 0 saturated heterocycles. The molecule has 4 heteroatoms. The van der Waals surface area contributed by atoms with Gasteiger partial charge in [-0.2, -0.15) is 6.07 Å². The maximum Gasteiger partial charge on any atom is 1.00 e. The van der Waals surface area contributed by atoms with Crippen LogP contribution in [0.3, 0.4) is 0 Å². The fourth-order valence-electron chi connectivity index (χ4n) is 0.414. The Balaban J connectivity index is 0. The Hall–Kier alpha value is 0.550. The Morgan fingerprint density at radius 2 is 1.69 bits per heavy atom. The van der Waals surface area contributed by atoms with E-state index in [1.54, 1.807) is 0 Å². The second-order valence-corrected chi connectivity index (χ2v) is 3.11. The van der Waals surface area contributed by atoms with E-state index in [2.05, 4.69) is 29.5 Å². The molecule has 0 fully saturated rings. The van der Waals surface area contributed by atoms with Gasteiger partial charge in [0, 0.05) is 11.6 Å². The van der Waals surface area contributed by atoms with E-state index in [4.69, 9.17) is 0 Å². The Morgan fingerprint density at radius 1 is 1.31 bits per heavy atom. The van der Waals surface area contributed by atoms with Crippen molar-refractivity contribution in [2.75, 3.05) is 4.43 Å². The second-order valence-electron chi connectivity index (χ2n) is 2.04. The number of hydrogen-bond donors (Lipinski definition) is 0. The molecule has 0 aromatic heterocycles. The Bertz CT molecular complexity index is 199. The molecular weight excluding hydrogens is 470 g/mol. The number of alkyl halides is 1. The summed E-state index contributed by atoms with van der Waals surface area (Å²) in [7, 11) is 0. The van der Waals surface area contributed by atoms with Crippen molar-refractivity contribution in [1.82, 2.24) is 0 Å². The zero-order valence-corrected chi connectivity index (χ0v) is 11.4. The molecule has 0 bridgehead atoms. The summed E-state index contributed by atoms with van der Waals surface area (Å²) in [5, 5.41) is 0. The maximum absolute atomic E-state index is 11.9. The third-order valence-electron chi connectivity index (χ3n) is 0.913. The van der Waals surface area contributed by atoms with Crippen molar-refractivity contribution >= 4 is 22.6 Å². The first-order valence-electron chi connectivity index (χ1n) is 3.60. The van der Waals surface area contributed by atoms with Crippen LogP contribution < -0.4 is 0 Å². The first-order valence-corrected chi connectivity index (χ1v) is 5.12. The Kier molecular flexibility index (Phi) is 13.1. The molecular formula is C9H10AuF2I. The average Bonchev–Trinajstić information content (AvgIpc) is 2.04. The van der Waals surface area contributed by atoms with Gasteiger partial charge in [0.05, 0.1) is 0 Å². The zero-order chi connectivity index (χ0) is 9.40. The first kappa shape index (κ1) is 16.0. The maximum atomic E-state index is 11.9. The summed E-state index contributed by atoms with van der Waals surface area (Å²) in [5.41, 5.74) is 0. The zero-order valence-electron chi connectivity index (χ0n) is 7.08. The minimum atomic E-state index is -0.662. The van der Waals surface area contributed by atoms with Crippen LogP contribution in [0.2, 0.25) is 0 Å². The van der Waals surface area contributed by atoms with Gasteiger partial charge in [-0.3, -0.25) is 0 Å². The van der Waals surface area contributed by atoms with Gasteiger partial charge in [-0.25, -0.2) is 8.78 Å². The van der Waals surface area contributed by atoms with E-state index in [1.165, 1.54) is 16.9 Å². The molecule has 78 valence electrons. The third-order valence-corrected chi connectivity index (χ3v) is 1.99. The topological polar surface area (TPSA) is 0 Å². The molecule has 0 amide bonds. The minimum Gasteiger partial charge on any atom is -0.236 e. The monoisotopic (exact) mass is 480 g/mol. The smallest absolute Gasteiger partial charge is 0.236 e. The van der Waals surface area contributed by atoms with Crippen LogP contribution in [0.4, 0.5) is 8.78 Å². The molecule has 0 radical (unpaired) electrons. The normalized spacial score (nSPS) is 8.00. The van der Waals surface area contributed by atoms with Crippen molar-refractivity contribution in [2.24, 2.45) is 0 Å². The molecule has 13 heavy (non-hydrogen) atoms. The van der Waals surface area contributed by atoms with Crippen LogP contribution in [0.15, 0.2) is 18.2 Å². The van der Waals surface area contributed by atoms with E-state index in [0.29, 0.717) is 0 Å². The standard InChI is InChI=1S/C6H3F2.C3H7I.Au/c7-5-2-1-3-6(8)4-5;1-2-3-4;/h1-3H;2-3H2,1H3;/q-1;;+1. The van der Waals surface area contributed by atoms with Gasteiger partial charge in [0.1, 0.15) is 0 Å². The molecule has 1 aromatic rings. The predicted octanol–water partition coefficient (Wildman–Crippen LogP) is 3.59. The van der Waals surface area contributed by atoms with Crippen LogP contribution in [0, 0.1) is 17.7 Å². The Labute approximate surface area is 107 Å². The van der Waals surface area contributed by atoms with E-state index < -0.39 is 11.6 Å². The molecule has 0 atom stereocenters. The van der Waals surface area contributed by atoms with Gasteiger partial charge in [-0.15, -0.1) is 18.2 Å². The summed E-state index contributed by atoms with van der Waals surface area (Å²) in [6.45, 7) is 2.17. The van der Waals surface area contributed by atoms with E-state index in [1.807, 2.05) is 6.07 Å². The van der Waals surface area contributed by atoms with E-state index in [-0.39, 0.29) is 22.4 Å². The van der Waals surface area contributed by atoms with Gasteiger partial charge in [0.15, 0.2) is 0 Å². The SMILES string of the molecule is CCCI.Fc1[c-]c(F)ccc1.[Au+]. The second kappa shape index (κ2) is 10.6. The van der Waals surface area contributed by atoms with Gasteiger partial charge in [0.2, 0.25) is 0 Å². The molecule has 0 aliphatic heterocycles. The van der Waals surface area contributed by atoms with Gasteiger partial charge in [0.25, 0.3) is 0 Å². The predicted molar refractivity (Wildman–Crippen MR) is 54.4 cm³/mol. The van der Waals surface area contributed by atoms with Crippen molar-refractivity contribution in [3.63, 3.8) is 0 Å².